The number of benzene rings is 2. The van der Waals surface area contributed by atoms with E-state index < -0.39 is 12.1 Å². The molecule has 136 valence electrons. The van der Waals surface area contributed by atoms with E-state index in [0.717, 1.165) is 11.0 Å². The van der Waals surface area contributed by atoms with Crippen molar-refractivity contribution in [1.29, 1.82) is 0 Å². The van der Waals surface area contributed by atoms with Crippen LogP contribution >= 0.6 is 0 Å². The Bertz CT molecular complexity index is 1020. The molecule has 27 heavy (non-hydrogen) atoms. The summed E-state index contributed by atoms with van der Waals surface area (Å²) in [6.45, 7) is 1.63. The number of carbonyl (C=O) groups is 1. The Balaban J connectivity index is 1.37. The van der Waals surface area contributed by atoms with Gasteiger partial charge >= 0.3 is 5.97 Å². The van der Waals surface area contributed by atoms with Crippen LogP contribution in [0.15, 0.2) is 75.7 Å². The van der Waals surface area contributed by atoms with Gasteiger partial charge in [-0.15, -0.1) is 0 Å². The molecule has 2 aromatic heterocycles. The van der Waals surface area contributed by atoms with Crippen molar-refractivity contribution >= 4 is 16.9 Å². The number of carbonyl (C=O) groups excluding carboxylic acids is 1. The van der Waals surface area contributed by atoms with Gasteiger partial charge in [0.1, 0.15) is 23.6 Å². The maximum atomic E-state index is 12.1. The highest BCUT2D eigenvalue weighted by atomic mass is 16.6. The van der Waals surface area contributed by atoms with E-state index >= 15 is 0 Å². The zero-order chi connectivity index (χ0) is 18.6. The molecule has 0 aliphatic rings. The fourth-order valence-corrected chi connectivity index (χ4v) is 2.61. The first-order chi connectivity index (χ1) is 13.2. The molecule has 0 amide bonds. The van der Waals surface area contributed by atoms with Gasteiger partial charge in [-0.1, -0.05) is 41.6 Å². The van der Waals surface area contributed by atoms with Gasteiger partial charge in [-0.2, -0.15) is 0 Å². The molecule has 0 fully saturated rings. The highest BCUT2D eigenvalue weighted by Crippen LogP contribution is 2.28. The number of rotatable bonds is 6. The van der Waals surface area contributed by atoms with Crippen molar-refractivity contribution in [3.05, 3.63) is 72.4 Å². The number of fused-ring (bicyclic) bond motifs is 1. The maximum absolute atomic E-state index is 12.1. The van der Waals surface area contributed by atoms with Crippen LogP contribution in [0.1, 0.15) is 12.6 Å². The lowest BCUT2D eigenvalue weighted by Crippen LogP contribution is -2.26. The Morgan fingerprint density at radius 1 is 1.04 bits per heavy atom. The molecule has 1 unspecified atom stereocenters. The minimum Gasteiger partial charge on any atom is -0.479 e. The van der Waals surface area contributed by atoms with Gasteiger partial charge in [0.05, 0.1) is 0 Å². The van der Waals surface area contributed by atoms with E-state index in [1.807, 2.05) is 48.5 Å². The van der Waals surface area contributed by atoms with E-state index in [-0.39, 0.29) is 6.61 Å². The summed E-state index contributed by atoms with van der Waals surface area (Å²) in [5.41, 5.74) is 1.26. The van der Waals surface area contributed by atoms with Crippen LogP contribution in [-0.4, -0.2) is 17.2 Å². The summed E-state index contributed by atoms with van der Waals surface area (Å²) >= 11 is 0. The molecule has 0 N–H and O–H groups in total. The van der Waals surface area contributed by atoms with Crippen LogP contribution in [0.2, 0.25) is 0 Å². The van der Waals surface area contributed by atoms with Crippen molar-refractivity contribution in [2.75, 3.05) is 0 Å². The fraction of sp³-hybridized carbons (Fsp3) is 0.143. The van der Waals surface area contributed by atoms with Gasteiger partial charge in [0.15, 0.2) is 11.9 Å². The molecule has 6 nitrogen and oxygen atoms in total. The molecule has 4 aromatic rings. The third-order valence-electron chi connectivity index (χ3n) is 3.98. The van der Waals surface area contributed by atoms with Crippen LogP contribution in [0.25, 0.3) is 22.5 Å². The second-order valence-electron chi connectivity index (χ2n) is 6.01. The molecule has 0 saturated heterocycles. The zero-order valence-corrected chi connectivity index (χ0v) is 14.6. The molecular formula is C21H17NO5. The van der Waals surface area contributed by atoms with Crippen LogP contribution < -0.4 is 4.74 Å². The largest absolute Gasteiger partial charge is 0.479 e. The van der Waals surface area contributed by atoms with Gasteiger partial charge in [0, 0.05) is 11.5 Å². The molecule has 2 aromatic carbocycles. The summed E-state index contributed by atoms with van der Waals surface area (Å²) in [7, 11) is 0. The number of ether oxygens (including phenoxy) is 2. The Labute approximate surface area is 155 Å². The van der Waals surface area contributed by atoms with E-state index in [2.05, 4.69) is 5.16 Å². The number of hydrogen-bond acceptors (Lipinski definition) is 6. The predicted molar refractivity (Wildman–Crippen MR) is 98.0 cm³/mol. The van der Waals surface area contributed by atoms with Gasteiger partial charge in [-0.3, -0.25) is 0 Å². The Morgan fingerprint density at radius 2 is 1.81 bits per heavy atom. The van der Waals surface area contributed by atoms with Gasteiger partial charge in [-0.25, -0.2) is 4.79 Å². The molecule has 0 radical (unpaired) electrons. The lowest BCUT2D eigenvalue weighted by atomic mass is 10.2. The van der Waals surface area contributed by atoms with Crippen molar-refractivity contribution < 1.29 is 23.2 Å². The number of hydrogen-bond donors (Lipinski definition) is 0. The third kappa shape index (κ3) is 3.84. The number of esters is 1. The molecule has 0 bridgehead atoms. The lowest BCUT2D eigenvalue weighted by Gasteiger charge is -2.13. The summed E-state index contributed by atoms with van der Waals surface area (Å²) < 4.78 is 21.8. The molecule has 0 spiro atoms. The Morgan fingerprint density at radius 3 is 2.63 bits per heavy atom. The molecule has 0 saturated carbocycles. The first-order valence-corrected chi connectivity index (χ1v) is 8.52. The fourth-order valence-electron chi connectivity index (χ4n) is 2.61. The molecular weight excluding hydrogens is 346 g/mol. The molecule has 6 heteroatoms. The minimum atomic E-state index is -0.728. The highest BCUT2D eigenvalue weighted by molar-refractivity contribution is 5.81. The van der Waals surface area contributed by atoms with Crippen molar-refractivity contribution in [1.82, 2.24) is 5.16 Å². The van der Waals surface area contributed by atoms with Crippen molar-refractivity contribution in [3.8, 4) is 17.3 Å². The number of nitrogens with zero attached hydrogens (tertiary/aromatic N) is 1. The van der Waals surface area contributed by atoms with E-state index in [9.17, 15) is 4.79 Å². The molecule has 0 aliphatic carbocycles. The van der Waals surface area contributed by atoms with Gasteiger partial charge in [0.2, 0.25) is 5.76 Å². The average molecular weight is 363 g/mol. The SMILES string of the molecule is CC(Oc1ccccc1)C(=O)OCc1cc(-c2cc3ccccc3o2)on1. The van der Waals surface area contributed by atoms with Crippen LogP contribution in [0.5, 0.6) is 5.75 Å². The van der Waals surface area contributed by atoms with Crippen LogP contribution in [-0.2, 0) is 16.1 Å². The van der Waals surface area contributed by atoms with Crippen LogP contribution in [0.3, 0.4) is 0 Å². The quantitative estimate of drug-likeness (QED) is 0.466. The van der Waals surface area contributed by atoms with Crippen LogP contribution in [0, 0.1) is 0 Å². The smallest absolute Gasteiger partial charge is 0.347 e. The summed E-state index contributed by atoms with van der Waals surface area (Å²) in [4.78, 5) is 12.1. The number of aromatic nitrogens is 1. The van der Waals surface area contributed by atoms with E-state index in [4.69, 9.17) is 18.4 Å². The highest BCUT2D eigenvalue weighted by Gasteiger charge is 2.18. The molecule has 4 rings (SSSR count). The van der Waals surface area contributed by atoms with E-state index in [1.165, 1.54) is 0 Å². The van der Waals surface area contributed by atoms with Crippen LogP contribution in [0.4, 0.5) is 0 Å². The normalized spacial score (nSPS) is 12.0. The molecule has 0 aliphatic heterocycles. The maximum Gasteiger partial charge on any atom is 0.347 e. The molecule has 1 atom stereocenters. The topological polar surface area (TPSA) is 74.7 Å². The second kappa shape index (κ2) is 7.37. The Hall–Kier alpha value is -3.54. The predicted octanol–water partition coefficient (Wildman–Crippen LogP) is 4.60. The van der Waals surface area contributed by atoms with Crippen molar-refractivity contribution in [3.63, 3.8) is 0 Å². The first-order valence-electron chi connectivity index (χ1n) is 8.52. The second-order valence-corrected chi connectivity index (χ2v) is 6.01. The number of para-hydroxylation sites is 2. The first kappa shape index (κ1) is 16.9. The number of furan rings is 1. The lowest BCUT2D eigenvalue weighted by molar-refractivity contribution is -0.152. The average Bonchev–Trinajstić information content (AvgIpc) is 3.33. The standard InChI is InChI=1S/C21H17NO5/c1-14(25-17-8-3-2-4-9-17)21(23)24-13-16-12-20(27-22-16)19-11-15-7-5-6-10-18(15)26-19/h2-12,14H,13H2,1H3. The minimum absolute atomic E-state index is 0.00888. The van der Waals surface area contributed by atoms with Crippen molar-refractivity contribution in [2.24, 2.45) is 0 Å². The summed E-state index contributed by atoms with van der Waals surface area (Å²) in [6.07, 6.45) is -0.728. The Kier molecular flexibility index (Phi) is 4.61. The monoisotopic (exact) mass is 363 g/mol. The zero-order valence-electron chi connectivity index (χ0n) is 14.6. The van der Waals surface area contributed by atoms with E-state index in [1.54, 1.807) is 25.1 Å². The summed E-state index contributed by atoms with van der Waals surface area (Å²) in [6, 6.07) is 20.3. The third-order valence-corrected chi connectivity index (χ3v) is 3.98. The van der Waals surface area contributed by atoms with Gasteiger partial charge in [0.25, 0.3) is 0 Å². The molecule has 2 heterocycles. The summed E-state index contributed by atoms with van der Waals surface area (Å²) in [5.74, 6) is 1.18. The van der Waals surface area contributed by atoms with Crippen molar-refractivity contribution in [2.45, 2.75) is 19.6 Å². The summed E-state index contributed by atoms with van der Waals surface area (Å²) in [5, 5.41) is 4.90. The van der Waals surface area contributed by atoms with Gasteiger partial charge < -0.3 is 18.4 Å². The van der Waals surface area contributed by atoms with E-state index in [0.29, 0.717) is 23.0 Å². The van der Waals surface area contributed by atoms with Gasteiger partial charge in [-0.05, 0) is 31.2 Å².